The molecule has 0 saturated heterocycles. The van der Waals surface area contributed by atoms with Gasteiger partial charge in [-0.2, -0.15) is 0 Å². The van der Waals surface area contributed by atoms with Gasteiger partial charge in [-0.3, -0.25) is 4.79 Å². The lowest BCUT2D eigenvalue weighted by atomic mass is 10.0. The molecule has 0 aliphatic rings. The number of hydrogen-bond donors (Lipinski definition) is 0. The molecule has 366 valence electrons. The number of unbranched alkanes of at least 4 members (excludes halogenated alkanes) is 52. The summed E-state index contributed by atoms with van der Waals surface area (Å²) in [6.07, 6.45) is 77.3. The molecule has 0 spiro atoms. The fourth-order valence-electron chi connectivity index (χ4n) is 9.61. The van der Waals surface area contributed by atoms with Crippen molar-refractivity contribution in [2.75, 3.05) is 6.61 Å². The molecule has 0 unspecified atom stereocenters. The van der Waals surface area contributed by atoms with E-state index in [0.717, 1.165) is 12.8 Å². The summed E-state index contributed by atoms with van der Waals surface area (Å²) in [7, 11) is 0. The third-order valence-corrected chi connectivity index (χ3v) is 14.0. The average molecular weight is 860 g/mol. The maximum atomic E-state index is 12.1. The summed E-state index contributed by atoms with van der Waals surface area (Å²) in [5.41, 5.74) is 0. The second kappa shape index (κ2) is 57.5. The van der Waals surface area contributed by atoms with E-state index in [9.17, 15) is 4.79 Å². The maximum Gasteiger partial charge on any atom is 0.305 e. The van der Waals surface area contributed by atoms with Crippen LogP contribution in [0.25, 0.3) is 0 Å². The van der Waals surface area contributed by atoms with E-state index in [1.165, 1.54) is 334 Å². The highest BCUT2D eigenvalue weighted by Crippen LogP contribution is 2.19. The topological polar surface area (TPSA) is 26.3 Å². The standard InChI is InChI=1S/C59H118O2/c1-3-5-7-9-11-13-15-17-19-21-23-25-26-27-28-29-30-31-32-33-34-35-36-37-38-39-41-43-45-47-49-51-53-55-57-59(60)61-58-56-54-52-50-48-46-44-42-40-24-22-20-18-16-14-12-10-8-6-4-2/h3-58H2,1-2H3. The van der Waals surface area contributed by atoms with Crippen LogP contribution in [0.1, 0.15) is 367 Å². The first-order valence-electron chi connectivity index (χ1n) is 29.5. The Morgan fingerprint density at radius 1 is 0.213 bits per heavy atom. The second-order valence-electron chi connectivity index (χ2n) is 20.4. The van der Waals surface area contributed by atoms with Gasteiger partial charge >= 0.3 is 5.97 Å². The zero-order chi connectivity index (χ0) is 43.9. The van der Waals surface area contributed by atoms with Gasteiger partial charge in [0.1, 0.15) is 0 Å². The van der Waals surface area contributed by atoms with Crippen LogP contribution in [0, 0.1) is 0 Å². The highest BCUT2D eigenvalue weighted by Gasteiger charge is 2.03. The summed E-state index contributed by atoms with van der Waals surface area (Å²) < 4.78 is 5.51. The van der Waals surface area contributed by atoms with Gasteiger partial charge in [-0.1, -0.05) is 348 Å². The number of esters is 1. The molecule has 0 bridgehead atoms. The molecule has 2 heteroatoms. The molecule has 0 fully saturated rings. The van der Waals surface area contributed by atoms with Crippen LogP contribution in [-0.4, -0.2) is 12.6 Å². The van der Waals surface area contributed by atoms with Gasteiger partial charge in [0.15, 0.2) is 0 Å². The van der Waals surface area contributed by atoms with Gasteiger partial charge in [-0.05, 0) is 12.8 Å². The Morgan fingerprint density at radius 2 is 0.361 bits per heavy atom. The van der Waals surface area contributed by atoms with Crippen LogP contribution in [0.5, 0.6) is 0 Å². The van der Waals surface area contributed by atoms with Crippen LogP contribution in [0.2, 0.25) is 0 Å². The number of hydrogen-bond acceptors (Lipinski definition) is 2. The molecule has 0 N–H and O–H groups in total. The van der Waals surface area contributed by atoms with Crippen LogP contribution >= 0.6 is 0 Å². The first kappa shape index (κ1) is 60.5. The minimum Gasteiger partial charge on any atom is -0.466 e. The molecule has 0 amide bonds. The van der Waals surface area contributed by atoms with Crippen molar-refractivity contribution in [1.29, 1.82) is 0 Å². The van der Waals surface area contributed by atoms with Crippen LogP contribution < -0.4 is 0 Å². The highest BCUT2D eigenvalue weighted by atomic mass is 16.5. The largest absolute Gasteiger partial charge is 0.466 e. The SMILES string of the molecule is CCCCCCCCCCCCCCCCCCCCCCCCCCCCCCCCCCCCC(=O)OCCCCCCCCCCCCCCCCCCCCCC. The van der Waals surface area contributed by atoms with Crippen LogP contribution in [0.15, 0.2) is 0 Å². The first-order valence-corrected chi connectivity index (χ1v) is 29.5. The number of rotatable bonds is 56. The Labute approximate surface area is 387 Å². The van der Waals surface area contributed by atoms with E-state index in [1.807, 2.05) is 0 Å². The van der Waals surface area contributed by atoms with Crippen molar-refractivity contribution in [1.82, 2.24) is 0 Å². The molecule has 0 radical (unpaired) electrons. The summed E-state index contributed by atoms with van der Waals surface area (Å²) in [6, 6.07) is 0. The van der Waals surface area contributed by atoms with Gasteiger partial charge in [0, 0.05) is 6.42 Å². The summed E-state index contributed by atoms with van der Waals surface area (Å²) in [5.74, 6) is 0.0358. The average Bonchev–Trinajstić information content (AvgIpc) is 3.27. The Balaban J connectivity index is 3.13. The molecule has 0 aromatic heterocycles. The Morgan fingerprint density at radius 3 is 0.541 bits per heavy atom. The lowest BCUT2D eigenvalue weighted by molar-refractivity contribution is -0.143. The highest BCUT2D eigenvalue weighted by molar-refractivity contribution is 5.69. The lowest BCUT2D eigenvalue weighted by Crippen LogP contribution is -2.05. The van der Waals surface area contributed by atoms with Gasteiger partial charge in [0.2, 0.25) is 0 Å². The Hall–Kier alpha value is -0.530. The molecule has 2 nitrogen and oxygen atoms in total. The minimum absolute atomic E-state index is 0.0358. The maximum absolute atomic E-state index is 12.1. The molecular formula is C59H118O2. The zero-order valence-corrected chi connectivity index (χ0v) is 42.9. The summed E-state index contributed by atoms with van der Waals surface area (Å²) >= 11 is 0. The van der Waals surface area contributed by atoms with Gasteiger partial charge in [-0.15, -0.1) is 0 Å². The molecule has 61 heavy (non-hydrogen) atoms. The van der Waals surface area contributed by atoms with Crippen molar-refractivity contribution in [2.24, 2.45) is 0 Å². The normalized spacial score (nSPS) is 11.6. The summed E-state index contributed by atoms with van der Waals surface area (Å²) in [6.45, 7) is 5.25. The number of ether oxygens (including phenoxy) is 1. The predicted octanol–water partition coefficient (Wildman–Crippen LogP) is 22.0. The fourth-order valence-corrected chi connectivity index (χ4v) is 9.61. The van der Waals surface area contributed by atoms with E-state index in [-0.39, 0.29) is 5.97 Å². The van der Waals surface area contributed by atoms with E-state index in [4.69, 9.17) is 4.74 Å². The smallest absolute Gasteiger partial charge is 0.305 e. The molecular weight excluding hydrogens is 741 g/mol. The minimum atomic E-state index is 0.0358. The first-order chi connectivity index (χ1) is 30.3. The third-order valence-electron chi connectivity index (χ3n) is 14.0. The van der Waals surface area contributed by atoms with E-state index in [0.29, 0.717) is 13.0 Å². The number of carbonyl (C=O) groups excluding carboxylic acids is 1. The van der Waals surface area contributed by atoms with Crippen molar-refractivity contribution < 1.29 is 9.53 Å². The Kier molecular flexibility index (Phi) is 57.0. The van der Waals surface area contributed by atoms with Crippen molar-refractivity contribution in [3.8, 4) is 0 Å². The van der Waals surface area contributed by atoms with Gasteiger partial charge in [0.25, 0.3) is 0 Å². The Bertz CT molecular complexity index is 762. The number of carbonyl (C=O) groups is 1. The van der Waals surface area contributed by atoms with Crippen molar-refractivity contribution in [2.45, 2.75) is 367 Å². The second-order valence-corrected chi connectivity index (χ2v) is 20.4. The van der Waals surface area contributed by atoms with E-state index >= 15 is 0 Å². The summed E-state index contributed by atoms with van der Waals surface area (Å²) in [5, 5.41) is 0. The van der Waals surface area contributed by atoms with E-state index in [1.54, 1.807) is 0 Å². The zero-order valence-electron chi connectivity index (χ0n) is 42.9. The lowest BCUT2D eigenvalue weighted by Gasteiger charge is -2.06. The summed E-state index contributed by atoms with van der Waals surface area (Å²) in [4.78, 5) is 12.1. The molecule has 0 aliphatic carbocycles. The predicted molar refractivity (Wildman–Crippen MR) is 276 cm³/mol. The van der Waals surface area contributed by atoms with Crippen LogP contribution in [0.3, 0.4) is 0 Å². The quantitative estimate of drug-likeness (QED) is 0.0450. The van der Waals surface area contributed by atoms with E-state index in [2.05, 4.69) is 13.8 Å². The van der Waals surface area contributed by atoms with Gasteiger partial charge in [-0.25, -0.2) is 0 Å². The molecule has 0 rings (SSSR count). The molecule has 0 heterocycles. The monoisotopic (exact) mass is 859 g/mol. The van der Waals surface area contributed by atoms with Gasteiger partial charge in [0.05, 0.1) is 6.61 Å². The molecule has 0 saturated carbocycles. The van der Waals surface area contributed by atoms with Crippen LogP contribution in [0.4, 0.5) is 0 Å². The molecule has 0 aromatic rings. The van der Waals surface area contributed by atoms with Gasteiger partial charge < -0.3 is 4.74 Å². The molecule has 0 aliphatic heterocycles. The van der Waals surface area contributed by atoms with Crippen molar-refractivity contribution >= 4 is 5.97 Å². The van der Waals surface area contributed by atoms with Crippen LogP contribution in [-0.2, 0) is 9.53 Å². The third kappa shape index (κ3) is 57.5. The van der Waals surface area contributed by atoms with Crippen molar-refractivity contribution in [3.63, 3.8) is 0 Å². The fraction of sp³-hybridized carbons (Fsp3) is 0.983. The molecule has 0 atom stereocenters. The molecule has 0 aromatic carbocycles. The van der Waals surface area contributed by atoms with E-state index < -0.39 is 0 Å². The van der Waals surface area contributed by atoms with Crippen molar-refractivity contribution in [3.05, 3.63) is 0 Å².